The molecule has 0 aliphatic carbocycles. The summed E-state index contributed by atoms with van der Waals surface area (Å²) in [4.78, 5) is 28.0. The van der Waals surface area contributed by atoms with Crippen LogP contribution < -0.4 is 10.0 Å². The number of amides is 1. The second-order valence-electron chi connectivity index (χ2n) is 10.3. The molecule has 41 heavy (non-hydrogen) atoms. The van der Waals surface area contributed by atoms with Gasteiger partial charge in [0.05, 0.1) is 17.9 Å². The number of nitrogens with one attached hydrogen (secondary N) is 2. The van der Waals surface area contributed by atoms with E-state index in [1.54, 1.807) is 42.5 Å². The molecule has 1 saturated heterocycles. The number of hydrogen-bond acceptors (Lipinski definition) is 6. The number of benzene rings is 4. The lowest BCUT2D eigenvalue weighted by molar-refractivity contribution is -0.148. The maximum atomic E-state index is 13.8. The summed E-state index contributed by atoms with van der Waals surface area (Å²) in [6.07, 6.45) is 0.453. The van der Waals surface area contributed by atoms with E-state index in [-0.39, 0.29) is 10.8 Å². The third-order valence-electron chi connectivity index (χ3n) is 7.57. The topological polar surface area (TPSA) is 105 Å². The van der Waals surface area contributed by atoms with E-state index in [0.717, 1.165) is 11.1 Å². The molecule has 5 rings (SSSR count). The van der Waals surface area contributed by atoms with Crippen molar-refractivity contribution in [3.8, 4) is 0 Å². The van der Waals surface area contributed by atoms with Crippen molar-refractivity contribution in [1.29, 1.82) is 0 Å². The number of anilines is 1. The van der Waals surface area contributed by atoms with Gasteiger partial charge in [-0.25, -0.2) is 13.1 Å². The zero-order valence-corrected chi connectivity index (χ0v) is 23.9. The Morgan fingerprint density at radius 3 is 2.32 bits per heavy atom. The molecule has 8 nitrogen and oxygen atoms in total. The van der Waals surface area contributed by atoms with Crippen molar-refractivity contribution in [3.05, 3.63) is 108 Å². The van der Waals surface area contributed by atoms with Crippen molar-refractivity contribution in [2.45, 2.75) is 30.8 Å². The Kier molecular flexibility index (Phi) is 8.49. The Hall–Kier alpha value is -4.05. The first-order valence-corrected chi connectivity index (χ1v) is 15.0. The Bertz CT molecular complexity index is 1670. The maximum Gasteiger partial charge on any atom is 0.311 e. The Labute approximate surface area is 240 Å². The van der Waals surface area contributed by atoms with Gasteiger partial charge in [0.1, 0.15) is 0 Å². The fourth-order valence-corrected chi connectivity index (χ4v) is 6.95. The van der Waals surface area contributed by atoms with Crippen LogP contribution in [0.15, 0.2) is 95.9 Å². The van der Waals surface area contributed by atoms with Gasteiger partial charge in [-0.15, -0.1) is 0 Å². The van der Waals surface area contributed by atoms with E-state index in [1.165, 1.54) is 13.2 Å². The highest BCUT2D eigenvalue weighted by atomic mass is 32.2. The lowest BCUT2D eigenvalue weighted by Crippen LogP contribution is -2.53. The van der Waals surface area contributed by atoms with Crippen LogP contribution in [0.4, 0.5) is 5.69 Å². The molecule has 0 saturated carbocycles. The number of sulfonamides is 1. The standard InChI is InChI=1S/C32H33N3O5S/c1-22-10-6-7-13-24(22)31(36)33-28-16-17-30(26-15-9-8-14-25(26)28)41(38,39)34-29-18-19-35(21-27(29)32(37)40-2)20-23-11-4-3-5-12-23/h3-17,27,29,34H,18-21H2,1-2H3,(H,33,36)/t27-,29-/m1/s1. The van der Waals surface area contributed by atoms with E-state index in [9.17, 15) is 18.0 Å². The van der Waals surface area contributed by atoms with Crippen molar-refractivity contribution in [3.63, 3.8) is 0 Å². The molecule has 0 unspecified atom stereocenters. The van der Waals surface area contributed by atoms with Crippen molar-refractivity contribution < 1.29 is 22.7 Å². The van der Waals surface area contributed by atoms with Gasteiger partial charge in [-0.05, 0) is 42.7 Å². The summed E-state index contributed by atoms with van der Waals surface area (Å²) >= 11 is 0. The molecule has 2 N–H and O–H groups in total. The largest absolute Gasteiger partial charge is 0.469 e. The van der Waals surface area contributed by atoms with Crippen LogP contribution in [0.1, 0.15) is 27.9 Å². The van der Waals surface area contributed by atoms with Gasteiger partial charge in [-0.3, -0.25) is 14.5 Å². The number of likely N-dealkylation sites (tertiary alicyclic amines) is 1. The number of methoxy groups -OCH3 is 1. The van der Waals surface area contributed by atoms with Gasteiger partial charge in [-0.2, -0.15) is 0 Å². The molecule has 0 radical (unpaired) electrons. The van der Waals surface area contributed by atoms with E-state index in [4.69, 9.17) is 4.74 Å². The van der Waals surface area contributed by atoms with Gasteiger partial charge in [0.25, 0.3) is 5.91 Å². The van der Waals surface area contributed by atoms with E-state index in [1.807, 2.05) is 49.4 Å². The molecule has 1 aliphatic rings. The van der Waals surface area contributed by atoms with Crippen LogP contribution in [0.2, 0.25) is 0 Å². The maximum absolute atomic E-state index is 13.8. The number of piperidine rings is 1. The summed E-state index contributed by atoms with van der Waals surface area (Å²) in [6, 6.07) is 26.8. The fraction of sp³-hybridized carbons (Fsp3) is 0.250. The monoisotopic (exact) mass is 571 g/mol. The normalized spacial score (nSPS) is 17.7. The number of nitrogens with zero attached hydrogens (tertiary/aromatic N) is 1. The van der Waals surface area contributed by atoms with Crippen LogP contribution in [0.3, 0.4) is 0 Å². The molecular formula is C32H33N3O5S. The van der Waals surface area contributed by atoms with Crippen LogP contribution in [-0.4, -0.2) is 51.4 Å². The van der Waals surface area contributed by atoms with Crippen LogP contribution >= 0.6 is 0 Å². The fourth-order valence-electron chi connectivity index (χ4n) is 5.43. The third kappa shape index (κ3) is 6.32. The van der Waals surface area contributed by atoms with Crippen LogP contribution in [0, 0.1) is 12.8 Å². The number of carbonyl (C=O) groups is 2. The van der Waals surface area contributed by atoms with Gasteiger partial charge in [0, 0.05) is 47.7 Å². The van der Waals surface area contributed by atoms with E-state index >= 15 is 0 Å². The highest BCUT2D eigenvalue weighted by Gasteiger charge is 2.38. The molecule has 1 fully saturated rings. The minimum atomic E-state index is -4.03. The van der Waals surface area contributed by atoms with Gasteiger partial charge < -0.3 is 10.1 Å². The number of fused-ring (bicyclic) bond motifs is 1. The number of rotatable bonds is 8. The minimum Gasteiger partial charge on any atom is -0.469 e. The zero-order chi connectivity index (χ0) is 29.0. The lowest BCUT2D eigenvalue weighted by atomic mass is 9.92. The minimum absolute atomic E-state index is 0.0809. The molecule has 0 spiro atoms. The summed E-state index contributed by atoms with van der Waals surface area (Å²) in [7, 11) is -2.71. The molecular weight excluding hydrogens is 538 g/mol. The predicted octanol–water partition coefficient (Wildman–Crippen LogP) is 4.74. The van der Waals surface area contributed by atoms with Crippen molar-refractivity contribution in [2.75, 3.05) is 25.5 Å². The van der Waals surface area contributed by atoms with Crippen LogP contribution in [0.5, 0.6) is 0 Å². The van der Waals surface area contributed by atoms with Crippen LogP contribution in [0.25, 0.3) is 10.8 Å². The third-order valence-corrected chi connectivity index (χ3v) is 9.12. The zero-order valence-electron chi connectivity index (χ0n) is 23.0. The van der Waals surface area contributed by atoms with E-state index in [0.29, 0.717) is 48.1 Å². The molecule has 1 aliphatic heterocycles. The predicted molar refractivity (Wildman–Crippen MR) is 159 cm³/mol. The van der Waals surface area contributed by atoms with Crippen LogP contribution in [-0.2, 0) is 26.1 Å². The molecule has 1 heterocycles. The average Bonchev–Trinajstić information content (AvgIpc) is 2.98. The van der Waals surface area contributed by atoms with Gasteiger partial charge >= 0.3 is 5.97 Å². The molecule has 9 heteroatoms. The lowest BCUT2D eigenvalue weighted by Gasteiger charge is -2.37. The summed E-state index contributed by atoms with van der Waals surface area (Å²) in [5.74, 6) is -1.38. The number of aryl methyl sites for hydroxylation is 1. The first-order valence-electron chi connectivity index (χ1n) is 13.5. The quantitative estimate of drug-likeness (QED) is 0.296. The second-order valence-corrected chi connectivity index (χ2v) is 12.0. The summed E-state index contributed by atoms with van der Waals surface area (Å²) in [5.41, 5.74) is 3.01. The highest BCUT2D eigenvalue weighted by Crippen LogP contribution is 2.31. The summed E-state index contributed by atoms with van der Waals surface area (Å²) in [5, 5.41) is 4.00. The second kappa shape index (κ2) is 12.2. The molecule has 2 atom stereocenters. The molecule has 212 valence electrons. The van der Waals surface area contributed by atoms with Crippen molar-refractivity contribution in [1.82, 2.24) is 9.62 Å². The number of hydrogen-bond donors (Lipinski definition) is 2. The van der Waals surface area contributed by atoms with Crippen molar-refractivity contribution >= 4 is 38.4 Å². The van der Waals surface area contributed by atoms with Gasteiger partial charge in [-0.1, -0.05) is 72.8 Å². The van der Waals surface area contributed by atoms with Gasteiger partial charge in [0.2, 0.25) is 10.0 Å². The average molecular weight is 572 g/mol. The molecule has 1 amide bonds. The van der Waals surface area contributed by atoms with Gasteiger partial charge in [0.15, 0.2) is 0 Å². The molecule has 0 aromatic heterocycles. The van der Waals surface area contributed by atoms with E-state index < -0.39 is 28.0 Å². The first-order chi connectivity index (χ1) is 19.8. The van der Waals surface area contributed by atoms with Crippen molar-refractivity contribution in [2.24, 2.45) is 5.92 Å². The summed E-state index contributed by atoms with van der Waals surface area (Å²) in [6.45, 7) is 3.52. The SMILES string of the molecule is COC(=O)[C@@H]1CN(Cc2ccccc2)CC[C@H]1NS(=O)(=O)c1ccc(NC(=O)c2ccccc2C)c2ccccc12. The number of carbonyl (C=O) groups excluding carboxylic acids is 2. The smallest absolute Gasteiger partial charge is 0.311 e. The molecule has 0 bridgehead atoms. The Morgan fingerprint density at radius 2 is 1.59 bits per heavy atom. The molecule has 4 aromatic rings. The first kappa shape index (κ1) is 28.5. The number of esters is 1. The summed E-state index contributed by atoms with van der Waals surface area (Å²) < 4.78 is 35.4. The number of ether oxygens (including phenoxy) is 1. The highest BCUT2D eigenvalue weighted by molar-refractivity contribution is 7.89. The Morgan fingerprint density at radius 1 is 0.902 bits per heavy atom. The molecule has 4 aromatic carbocycles. The Balaban J connectivity index is 1.39. The van der Waals surface area contributed by atoms with E-state index in [2.05, 4.69) is 14.9 Å².